The zero-order chi connectivity index (χ0) is 11.0. The SMILES string of the molecule is CCC1(O)CN(C(N)=NC(C)(C)C)C1. The summed E-state index contributed by atoms with van der Waals surface area (Å²) in [5.41, 5.74) is 5.11. The Morgan fingerprint density at radius 2 is 2.00 bits per heavy atom. The third-order valence-corrected chi connectivity index (χ3v) is 2.40. The molecule has 1 aliphatic rings. The molecule has 0 spiro atoms. The minimum absolute atomic E-state index is 0.149. The fourth-order valence-electron chi connectivity index (χ4n) is 1.46. The first-order valence-electron chi connectivity index (χ1n) is 5.08. The Balaban J connectivity index is 2.52. The van der Waals surface area contributed by atoms with Gasteiger partial charge < -0.3 is 15.7 Å². The van der Waals surface area contributed by atoms with Crippen molar-refractivity contribution in [1.82, 2.24) is 4.90 Å². The van der Waals surface area contributed by atoms with Crippen molar-refractivity contribution in [3.05, 3.63) is 0 Å². The molecule has 0 aromatic carbocycles. The topological polar surface area (TPSA) is 61.8 Å². The van der Waals surface area contributed by atoms with Crippen LogP contribution in [0.15, 0.2) is 4.99 Å². The number of likely N-dealkylation sites (tertiary alicyclic amines) is 1. The molecule has 0 amide bonds. The van der Waals surface area contributed by atoms with Gasteiger partial charge in [0.05, 0.1) is 24.2 Å². The third-order valence-electron chi connectivity index (χ3n) is 2.40. The molecule has 0 bridgehead atoms. The molecule has 14 heavy (non-hydrogen) atoms. The van der Waals surface area contributed by atoms with Gasteiger partial charge in [0.15, 0.2) is 5.96 Å². The van der Waals surface area contributed by atoms with Gasteiger partial charge in [-0.2, -0.15) is 0 Å². The zero-order valence-corrected chi connectivity index (χ0v) is 9.54. The monoisotopic (exact) mass is 199 g/mol. The van der Waals surface area contributed by atoms with Crippen LogP contribution in [0.1, 0.15) is 34.1 Å². The summed E-state index contributed by atoms with van der Waals surface area (Å²) in [6.07, 6.45) is 0.770. The van der Waals surface area contributed by atoms with Crippen molar-refractivity contribution in [3.8, 4) is 0 Å². The Bertz CT molecular complexity index is 236. The molecule has 4 heteroatoms. The molecule has 1 rings (SSSR count). The number of aliphatic hydroxyl groups is 1. The lowest BCUT2D eigenvalue weighted by Gasteiger charge is -2.47. The smallest absolute Gasteiger partial charge is 0.191 e. The summed E-state index contributed by atoms with van der Waals surface area (Å²) in [5.74, 6) is 0.538. The molecule has 0 aliphatic carbocycles. The van der Waals surface area contributed by atoms with E-state index in [1.165, 1.54) is 0 Å². The Kier molecular flexibility index (Phi) is 2.76. The van der Waals surface area contributed by atoms with E-state index in [2.05, 4.69) is 4.99 Å². The van der Waals surface area contributed by atoms with Gasteiger partial charge in [-0.25, -0.2) is 4.99 Å². The van der Waals surface area contributed by atoms with Crippen LogP contribution >= 0.6 is 0 Å². The van der Waals surface area contributed by atoms with E-state index in [-0.39, 0.29) is 5.54 Å². The van der Waals surface area contributed by atoms with Crippen LogP contribution in [-0.4, -0.2) is 40.2 Å². The number of nitrogens with two attached hydrogens (primary N) is 1. The molecule has 0 unspecified atom stereocenters. The molecule has 1 saturated heterocycles. The van der Waals surface area contributed by atoms with Gasteiger partial charge in [0.25, 0.3) is 0 Å². The summed E-state index contributed by atoms with van der Waals surface area (Å²) in [4.78, 5) is 6.25. The van der Waals surface area contributed by atoms with Crippen LogP contribution < -0.4 is 5.73 Å². The number of nitrogens with zero attached hydrogens (tertiary/aromatic N) is 2. The van der Waals surface area contributed by atoms with E-state index in [1.54, 1.807) is 0 Å². The van der Waals surface area contributed by atoms with Crippen LogP contribution in [0.2, 0.25) is 0 Å². The Hall–Kier alpha value is -0.770. The molecule has 3 N–H and O–H groups in total. The summed E-state index contributed by atoms with van der Waals surface area (Å²) < 4.78 is 0. The van der Waals surface area contributed by atoms with Crippen LogP contribution in [0.4, 0.5) is 0 Å². The number of aliphatic imine (C=N–C) groups is 1. The van der Waals surface area contributed by atoms with Crippen LogP contribution in [0.5, 0.6) is 0 Å². The van der Waals surface area contributed by atoms with Gasteiger partial charge in [0, 0.05) is 0 Å². The summed E-state index contributed by atoms with van der Waals surface area (Å²) in [6, 6.07) is 0. The molecule has 1 fully saturated rings. The average Bonchev–Trinajstić information content (AvgIpc) is 1.95. The predicted octanol–water partition coefficient (Wildman–Crippen LogP) is 0.556. The Morgan fingerprint density at radius 1 is 1.50 bits per heavy atom. The van der Waals surface area contributed by atoms with Gasteiger partial charge in [-0.15, -0.1) is 0 Å². The molecule has 1 heterocycles. The summed E-state index contributed by atoms with van der Waals surface area (Å²) in [6.45, 7) is 9.21. The van der Waals surface area contributed by atoms with Gasteiger partial charge in [0.1, 0.15) is 0 Å². The molecule has 0 aromatic heterocycles. The lowest BCUT2D eigenvalue weighted by atomic mass is 9.92. The minimum Gasteiger partial charge on any atom is -0.386 e. The van der Waals surface area contributed by atoms with E-state index in [0.717, 1.165) is 6.42 Å². The van der Waals surface area contributed by atoms with Gasteiger partial charge in [-0.3, -0.25) is 0 Å². The minimum atomic E-state index is -0.544. The maximum atomic E-state index is 9.78. The summed E-state index contributed by atoms with van der Waals surface area (Å²) in [5, 5.41) is 9.78. The van der Waals surface area contributed by atoms with Crippen molar-refractivity contribution in [2.24, 2.45) is 10.7 Å². The molecular formula is C10H21N3O. The second kappa shape index (κ2) is 3.42. The predicted molar refractivity (Wildman–Crippen MR) is 58.2 cm³/mol. The van der Waals surface area contributed by atoms with Crippen molar-refractivity contribution in [2.75, 3.05) is 13.1 Å². The van der Waals surface area contributed by atoms with Gasteiger partial charge in [-0.1, -0.05) is 6.92 Å². The van der Waals surface area contributed by atoms with Crippen LogP contribution in [-0.2, 0) is 0 Å². The maximum absolute atomic E-state index is 9.78. The maximum Gasteiger partial charge on any atom is 0.191 e. The average molecular weight is 199 g/mol. The number of β-amino-alcohol motifs (C(OH)–C–C–N with tert-alkyl or cyclic N) is 1. The number of rotatable bonds is 1. The Morgan fingerprint density at radius 3 is 2.36 bits per heavy atom. The van der Waals surface area contributed by atoms with Gasteiger partial charge in [-0.05, 0) is 27.2 Å². The highest BCUT2D eigenvalue weighted by molar-refractivity contribution is 5.79. The van der Waals surface area contributed by atoms with Crippen molar-refractivity contribution in [2.45, 2.75) is 45.3 Å². The van der Waals surface area contributed by atoms with Crippen molar-refractivity contribution in [1.29, 1.82) is 0 Å². The third kappa shape index (κ3) is 2.61. The highest BCUT2D eigenvalue weighted by Crippen LogP contribution is 2.24. The largest absolute Gasteiger partial charge is 0.386 e. The molecule has 0 atom stereocenters. The van der Waals surface area contributed by atoms with E-state index in [4.69, 9.17) is 5.73 Å². The lowest BCUT2D eigenvalue weighted by Crippen LogP contribution is -2.65. The van der Waals surface area contributed by atoms with E-state index in [0.29, 0.717) is 19.0 Å². The molecule has 0 aromatic rings. The first kappa shape index (κ1) is 11.3. The molecule has 0 saturated carbocycles. The van der Waals surface area contributed by atoms with E-state index in [9.17, 15) is 5.11 Å². The van der Waals surface area contributed by atoms with Crippen molar-refractivity contribution >= 4 is 5.96 Å². The van der Waals surface area contributed by atoms with Crippen LogP contribution in [0, 0.1) is 0 Å². The molecular weight excluding hydrogens is 178 g/mol. The molecule has 4 nitrogen and oxygen atoms in total. The second-order valence-electron chi connectivity index (χ2n) is 5.07. The fourth-order valence-corrected chi connectivity index (χ4v) is 1.46. The molecule has 82 valence electrons. The Labute approximate surface area is 85.8 Å². The summed E-state index contributed by atoms with van der Waals surface area (Å²) in [7, 11) is 0. The van der Waals surface area contributed by atoms with Crippen molar-refractivity contribution in [3.63, 3.8) is 0 Å². The highest BCUT2D eigenvalue weighted by atomic mass is 16.3. The van der Waals surface area contributed by atoms with Gasteiger partial charge in [0.2, 0.25) is 0 Å². The highest BCUT2D eigenvalue weighted by Gasteiger charge is 2.40. The normalized spacial score (nSPS) is 22.1. The second-order valence-corrected chi connectivity index (χ2v) is 5.07. The quantitative estimate of drug-likeness (QED) is 0.479. The van der Waals surface area contributed by atoms with E-state index in [1.807, 2.05) is 32.6 Å². The zero-order valence-electron chi connectivity index (χ0n) is 9.54. The number of hydrogen-bond acceptors (Lipinski definition) is 2. The first-order chi connectivity index (χ1) is 6.26. The number of guanidine groups is 1. The number of hydrogen-bond donors (Lipinski definition) is 2. The van der Waals surface area contributed by atoms with E-state index < -0.39 is 5.60 Å². The summed E-state index contributed by atoms with van der Waals surface area (Å²) >= 11 is 0. The van der Waals surface area contributed by atoms with Gasteiger partial charge >= 0.3 is 0 Å². The van der Waals surface area contributed by atoms with E-state index >= 15 is 0 Å². The first-order valence-corrected chi connectivity index (χ1v) is 5.08. The molecule has 1 aliphatic heterocycles. The van der Waals surface area contributed by atoms with Crippen LogP contribution in [0.25, 0.3) is 0 Å². The lowest BCUT2D eigenvalue weighted by molar-refractivity contribution is -0.0688. The van der Waals surface area contributed by atoms with Crippen LogP contribution in [0.3, 0.4) is 0 Å². The standard InChI is InChI=1S/C10H21N3O/c1-5-10(14)6-13(7-10)8(11)12-9(2,3)4/h14H,5-7H2,1-4H3,(H2,11,12). The van der Waals surface area contributed by atoms with Crippen molar-refractivity contribution < 1.29 is 5.11 Å². The fraction of sp³-hybridized carbons (Fsp3) is 0.900. The molecule has 0 radical (unpaired) electrons.